The van der Waals surface area contributed by atoms with Crippen LogP contribution in [0.25, 0.3) is 33.3 Å². The molecule has 0 bridgehead atoms. The van der Waals surface area contributed by atoms with Crippen LogP contribution < -0.4 is 10.9 Å². The first kappa shape index (κ1) is 17.9. The van der Waals surface area contributed by atoms with Crippen LogP contribution in [-0.2, 0) is 6.54 Å². The van der Waals surface area contributed by atoms with Gasteiger partial charge in [0, 0.05) is 6.20 Å². The van der Waals surface area contributed by atoms with Crippen molar-refractivity contribution in [3.05, 3.63) is 101 Å². The second-order valence-electron chi connectivity index (χ2n) is 6.85. The van der Waals surface area contributed by atoms with Crippen molar-refractivity contribution in [2.24, 2.45) is 0 Å². The van der Waals surface area contributed by atoms with E-state index in [-0.39, 0.29) is 5.56 Å². The molecule has 0 spiro atoms. The molecule has 0 saturated heterocycles. The lowest BCUT2D eigenvalue weighted by molar-refractivity contribution is 0.517. The Bertz CT molecular complexity index is 1340. The topological polar surface area (TPSA) is 83.8 Å². The fourth-order valence-electron chi connectivity index (χ4n) is 3.44. The number of fused-ring (bicyclic) bond motifs is 1. The average Bonchev–Trinajstić information content (AvgIpc) is 3.32. The van der Waals surface area contributed by atoms with E-state index in [1.807, 2.05) is 48.5 Å². The van der Waals surface area contributed by atoms with Gasteiger partial charge >= 0.3 is 0 Å². The van der Waals surface area contributed by atoms with Crippen LogP contribution in [-0.4, -0.2) is 15.0 Å². The molecule has 3 aromatic heterocycles. The molecule has 2 N–H and O–H groups in total. The molecule has 2 aromatic carbocycles. The predicted molar refractivity (Wildman–Crippen MR) is 117 cm³/mol. The third-order valence-electron chi connectivity index (χ3n) is 4.92. The molecule has 0 aliphatic carbocycles. The lowest BCUT2D eigenvalue weighted by atomic mass is 9.99. The molecule has 30 heavy (non-hydrogen) atoms. The summed E-state index contributed by atoms with van der Waals surface area (Å²) in [5, 5.41) is 3.53. The average molecular weight is 394 g/mol. The molecular weight excluding hydrogens is 376 g/mol. The number of hydrogen-bond acceptors (Lipinski definition) is 5. The molecule has 0 aliphatic rings. The van der Waals surface area contributed by atoms with Crippen LogP contribution >= 0.6 is 0 Å². The highest BCUT2D eigenvalue weighted by atomic mass is 16.3. The molecule has 0 unspecified atom stereocenters. The van der Waals surface area contributed by atoms with Crippen LogP contribution in [0.5, 0.6) is 0 Å². The Morgan fingerprint density at radius 3 is 2.40 bits per heavy atom. The number of nitrogens with one attached hydrogen (secondary N) is 2. The van der Waals surface area contributed by atoms with E-state index in [9.17, 15) is 4.79 Å². The maximum Gasteiger partial charge on any atom is 0.262 e. The van der Waals surface area contributed by atoms with E-state index in [4.69, 9.17) is 4.42 Å². The van der Waals surface area contributed by atoms with Gasteiger partial charge in [0.15, 0.2) is 5.65 Å². The van der Waals surface area contributed by atoms with Crippen molar-refractivity contribution in [1.29, 1.82) is 0 Å². The van der Waals surface area contributed by atoms with Crippen molar-refractivity contribution in [3.8, 4) is 22.3 Å². The summed E-state index contributed by atoms with van der Waals surface area (Å²) in [7, 11) is 0. The molecule has 5 rings (SSSR count). The van der Waals surface area contributed by atoms with Crippen molar-refractivity contribution >= 4 is 17.0 Å². The number of anilines is 1. The quantitative estimate of drug-likeness (QED) is 0.445. The number of benzene rings is 2. The molecule has 6 nitrogen and oxygen atoms in total. The van der Waals surface area contributed by atoms with Crippen LogP contribution in [0.1, 0.15) is 5.76 Å². The Balaban J connectivity index is 1.49. The molecule has 3 heterocycles. The Kier molecular flexibility index (Phi) is 4.57. The lowest BCUT2D eigenvalue weighted by Gasteiger charge is -2.09. The highest BCUT2D eigenvalue weighted by molar-refractivity contribution is 5.92. The second-order valence-corrected chi connectivity index (χ2v) is 6.85. The first-order valence-corrected chi connectivity index (χ1v) is 9.59. The van der Waals surface area contributed by atoms with Gasteiger partial charge in [0.25, 0.3) is 5.56 Å². The van der Waals surface area contributed by atoms with E-state index < -0.39 is 0 Å². The number of pyridine rings is 1. The van der Waals surface area contributed by atoms with Gasteiger partial charge in [0.1, 0.15) is 5.76 Å². The van der Waals surface area contributed by atoms with E-state index in [0.717, 1.165) is 28.0 Å². The summed E-state index contributed by atoms with van der Waals surface area (Å²) >= 11 is 0. The summed E-state index contributed by atoms with van der Waals surface area (Å²) in [6.07, 6.45) is 3.27. The third kappa shape index (κ3) is 3.46. The normalized spacial score (nSPS) is 10.9. The predicted octanol–water partition coefficient (Wildman–Crippen LogP) is 4.86. The summed E-state index contributed by atoms with van der Waals surface area (Å²) in [6, 6.07) is 23.8. The SMILES string of the molecule is O=c1[nH]c(NCc2ccco2)nc2nccc(-c3ccc(-c4ccccc4)cc3)c12. The number of H-pyrrole nitrogens is 1. The van der Waals surface area contributed by atoms with Gasteiger partial charge in [-0.1, -0.05) is 54.6 Å². The Morgan fingerprint density at radius 2 is 1.63 bits per heavy atom. The highest BCUT2D eigenvalue weighted by Gasteiger charge is 2.12. The van der Waals surface area contributed by atoms with Gasteiger partial charge in [0.05, 0.1) is 18.2 Å². The van der Waals surface area contributed by atoms with Crippen LogP contribution in [0.3, 0.4) is 0 Å². The van der Waals surface area contributed by atoms with Gasteiger partial charge in [0.2, 0.25) is 5.95 Å². The van der Waals surface area contributed by atoms with Gasteiger partial charge in [-0.3, -0.25) is 9.78 Å². The fourth-order valence-corrected chi connectivity index (χ4v) is 3.44. The maximum atomic E-state index is 12.8. The van der Waals surface area contributed by atoms with E-state index in [0.29, 0.717) is 23.5 Å². The lowest BCUT2D eigenvalue weighted by Crippen LogP contribution is -2.14. The van der Waals surface area contributed by atoms with Gasteiger partial charge in [-0.15, -0.1) is 0 Å². The zero-order valence-corrected chi connectivity index (χ0v) is 16.0. The maximum absolute atomic E-state index is 12.8. The summed E-state index contributed by atoms with van der Waals surface area (Å²) in [5.41, 5.74) is 4.16. The standard InChI is InChI=1S/C24H18N4O2/c29-23-21-20(18-10-8-17(9-11-18)16-5-2-1-3-6-16)12-13-25-22(21)27-24(28-23)26-15-19-7-4-14-30-19/h1-14H,15H2,(H2,25,26,27,28,29). The molecule has 0 atom stereocenters. The molecule has 0 radical (unpaired) electrons. The summed E-state index contributed by atoms with van der Waals surface area (Å²) in [5.74, 6) is 1.10. The molecule has 0 aliphatic heterocycles. The van der Waals surface area contributed by atoms with Crippen molar-refractivity contribution in [1.82, 2.24) is 15.0 Å². The first-order chi connectivity index (χ1) is 14.8. The number of aromatic amines is 1. The summed E-state index contributed by atoms with van der Waals surface area (Å²) < 4.78 is 5.29. The second kappa shape index (κ2) is 7.67. The molecule has 5 aromatic rings. The molecule has 6 heteroatoms. The number of furan rings is 1. The number of hydrogen-bond donors (Lipinski definition) is 2. The van der Waals surface area contributed by atoms with E-state index in [1.54, 1.807) is 12.5 Å². The van der Waals surface area contributed by atoms with Crippen molar-refractivity contribution in [2.75, 3.05) is 5.32 Å². The minimum atomic E-state index is -0.239. The Labute approximate surface area is 172 Å². The van der Waals surface area contributed by atoms with Crippen LogP contribution in [0, 0.1) is 0 Å². The zero-order chi connectivity index (χ0) is 20.3. The Morgan fingerprint density at radius 1 is 0.867 bits per heavy atom. The van der Waals surface area contributed by atoms with Gasteiger partial charge < -0.3 is 9.73 Å². The minimum absolute atomic E-state index is 0.239. The fraction of sp³-hybridized carbons (Fsp3) is 0.0417. The third-order valence-corrected chi connectivity index (χ3v) is 4.92. The zero-order valence-electron chi connectivity index (χ0n) is 16.0. The molecular formula is C24H18N4O2. The largest absolute Gasteiger partial charge is 0.467 e. The Hall–Kier alpha value is -4.19. The van der Waals surface area contributed by atoms with Crippen LogP contribution in [0.2, 0.25) is 0 Å². The summed E-state index contributed by atoms with van der Waals surface area (Å²) in [6.45, 7) is 0.419. The van der Waals surface area contributed by atoms with Crippen LogP contribution in [0.15, 0.2) is 94.5 Å². The molecule has 0 fully saturated rings. The number of aromatic nitrogens is 3. The highest BCUT2D eigenvalue weighted by Crippen LogP contribution is 2.27. The monoisotopic (exact) mass is 394 g/mol. The number of rotatable bonds is 5. The van der Waals surface area contributed by atoms with Crippen molar-refractivity contribution in [2.45, 2.75) is 6.54 Å². The van der Waals surface area contributed by atoms with Gasteiger partial charge in [-0.05, 0) is 40.5 Å². The van der Waals surface area contributed by atoms with Crippen molar-refractivity contribution < 1.29 is 4.42 Å². The number of nitrogens with zero attached hydrogens (tertiary/aromatic N) is 2. The smallest absolute Gasteiger partial charge is 0.262 e. The molecule has 146 valence electrons. The van der Waals surface area contributed by atoms with E-state index in [1.165, 1.54) is 0 Å². The van der Waals surface area contributed by atoms with Gasteiger partial charge in [-0.2, -0.15) is 4.98 Å². The van der Waals surface area contributed by atoms with E-state index in [2.05, 4.69) is 44.5 Å². The molecule has 0 amide bonds. The van der Waals surface area contributed by atoms with Crippen molar-refractivity contribution in [3.63, 3.8) is 0 Å². The first-order valence-electron chi connectivity index (χ1n) is 9.59. The van der Waals surface area contributed by atoms with Gasteiger partial charge in [-0.25, -0.2) is 4.98 Å². The van der Waals surface area contributed by atoms with E-state index >= 15 is 0 Å². The van der Waals surface area contributed by atoms with Crippen LogP contribution in [0.4, 0.5) is 5.95 Å². The molecule has 0 saturated carbocycles. The summed E-state index contributed by atoms with van der Waals surface area (Å²) in [4.78, 5) is 24.4. The minimum Gasteiger partial charge on any atom is -0.467 e.